The van der Waals surface area contributed by atoms with Crippen molar-refractivity contribution in [2.24, 2.45) is 0 Å². The Morgan fingerprint density at radius 2 is 2.17 bits per heavy atom. The molecular weight excluding hydrogens is 168 g/mol. The lowest BCUT2D eigenvalue weighted by Gasteiger charge is -2.43. The second kappa shape index (κ2) is 2.98. The molecule has 70 valence electrons. The topological polar surface area (TPSA) is 18.5 Å². The van der Waals surface area contributed by atoms with E-state index < -0.39 is 8.56 Å². The molecule has 0 amide bonds. The van der Waals surface area contributed by atoms with E-state index in [2.05, 4.69) is 27.4 Å². The van der Waals surface area contributed by atoms with Crippen molar-refractivity contribution < 1.29 is 8.85 Å². The van der Waals surface area contributed by atoms with Gasteiger partial charge in [-0.25, -0.2) is 0 Å². The minimum Gasteiger partial charge on any atom is -0.389 e. The molecule has 0 radical (unpaired) electrons. The van der Waals surface area contributed by atoms with Crippen molar-refractivity contribution >= 4 is 8.56 Å². The van der Waals surface area contributed by atoms with Crippen LogP contribution < -0.4 is 0 Å². The Labute approximate surface area is 75.8 Å². The van der Waals surface area contributed by atoms with Crippen molar-refractivity contribution in [2.75, 3.05) is 0 Å². The second-order valence-electron chi connectivity index (χ2n) is 4.21. The van der Waals surface area contributed by atoms with Crippen LogP contribution in [0, 0.1) is 0 Å². The molecule has 0 bridgehead atoms. The van der Waals surface area contributed by atoms with Gasteiger partial charge in [0.25, 0.3) is 0 Å². The van der Waals surface area contributed by atoms with Gasteiger partial charge in [-0.15, -0.1) is 6.58 Å². The van der Waals surface area contributed by atoms with Gasteiger partial charge in [-0.05, 0) is 39.4 Å². The molecule has 0 saturated carbocycles. The van der Waals surface area contributed by atoms with Crippen LogP contribution in [-0.4, -0.2) is 20.3 Å². The maximum atomic E-state index is 5.88. The predicted molar refractivity (Wildman–Crippen MR) is 52.1 cm³/mol. The summed E-state index contributed by atoms with van der Waals surface area (Å²) in [5.41, 5.74) is 1.80. The Morgan fingerprint density at radius 3 is 2.58 bits per heavy atom. The molecule has 2 nitrogen and oxygen atoms in total. The Kier molecular flexibility index (Phi) is 2.47. The summed E-state index contributed by atoms with van der Waals surface area (Å²) in [6, 6.07) is 0. The minimum atomic E-state index is -2.05. The van der Waals surface area contributed by atoms with Crippen LogP contribution in [0.2, 0.25) is 6.55 Å². The first kappa shape index (κ1) is 9.96. The van der Waals surface area contributed by atoms with E-state index in [1.807, 2.05) is 12.2 Å². The molecule has 0 N–H and O–H groups in total. The van der Waals surface area contributed by atoms with Crippen LogP contribution >= 0.6 is 0 Å². The molecule has 12 heavy (non-hydrogen) atoms. The third kappa shape index (κ3) is 2.18. The summed E-state index contributed by atoms with van der Waals surface area (Å²) in [5.74, 6) is 0. The van der Waals surface area contributed by atoms with Crippen molar-refractivity contribution in [3.63, 3.8) is 0 Å². The summed E-state index contributed by atoms with van der Waals surface area (Å²) >= 11 is 0. The predicted octanol–water partition coefficient (Wildman–Crippen LogP) is 2.39. The lowest BCUT2D eigenvalue weighted by molar-refractivity contribution is -0.0367. The number of hydrogen-bond donors (Lipinski definition) is 0. The monoisotopic (exact) mass is 186 g/mol. The highest BCUT2D eigenvalue weighted by Crippen LogP contribution is 2.31. The zero-order chi connectivity index (χ0) is 9.41. The van der Waals surface area contributed by atoms with Gasteiger partial charge in [0.2, 0.25) is 0 Å². The van der Waals surface area contributed by atoms with Gasteiger partial charge in [0, 0.05) is 6.10 Å². The second-order valence-corrected chi connectivity index (χ2v) is 7.09. The molecule has 0 aromatic heterocycles. The third-order valence-electron chi connectivity index (χ3n) is 2.06. The quantitative estimate of drug-likeness (QED) is 0.585. The Bertz CT molecular complexity index is 191. The van der Waals surface area contributed by atoms with E-state index in [0.717, 1.165) is 6.42 Å². The normalized spacial score (nSPS) is 40.8. The fourth-order valence-corrected chi connectivity index (χ4v) is 4.13. The van der Waals surface area contributed by atoms with Gasteiger partial charge in [-0.2, -0.15) is 0 Å². The van der Waals surface area contributed by atoms with Gasteiger partial charge in [0.15, 0.2) is 0 Å². The molecule has 0 spiro atoms. The highest BCUT2D eigenvalue weighted by Gasteiger charge is 2.42. The summed E-state index contributed by atoms with van der Waals surface area (Å²) in [7, 11) is -2.05. The maximum Gasteiger partial charge on any atom is 0.361 e. The van der Waals surface area contributed by atoms with Gasteiger partial charge >= 0.3 is 8.56 Å². The summed E-state index contributed by atoms with van der Waals surface area (Å²) < 4.78 is 11.6. The smallest absolute Gasteiger partial charge is 0.361 e. The molecule has 0 aromatic carbocycles. The number of hydrogen-bond acceptors (Lipinski definition) is 2. The van der Waals surface area contributed by atoms with E-state index >= 15 is 0 Å². The van der Waals surface area contributed by atoms with Crippen molar-refractivity contribution in [3.05, 3.63) is 12.3 Å². The molecular formula is C9H18O2Si. The van der Waals surface area contributed by atoms with Gasteiger partial charge < -0.3 is 8.85 Å². The minimum absolute atomic E-state index is 0.0488. The van der Waals surface area contributed by atoms with E-state index in [0.29, 0.717) is 6.10 Å². The van der Waals surface area contributed by atoms with Gasteiger partial charge in [-0.3, -0.25) is 0 Å². The third-order valence-corrected chi connectivity index (χ3v) is 4.63. The molecule has 1 heterocycles. The van der Waals surface area contributed by atoms with Crippen molar-refractivity contribution in [3.8, 4) is 0 Å². The van der Waals surface area contributed by atoms with E-state index in [-0.39, 0.29) is 5.60 Å². The van der Waals surface area contributed by atoms with Crippen LogP contribution in [0.15, 0.2) is 12.3 Å². The van der Waals surface area contributed by atoms with Gasteiger partial charge in [0.1, 0.15) is 0 Å². The maximum absolute atomic E-state index is 5.88. The highest BCUT2D eigenvalue weighted by atomic mass is 28.4. The SMILES string of the molecule is C=C[Si]1(C)OC(C)CC(C)(C)O1. The van der Waals surface area contributed by atoms with Crippen molar-refractivity contribution in [2.45, 2.75) is 45.4 Å². The summed E-state index contributed by atoms with van der Waals surface area (Å²) in [6.07, 6.45) is 1.26. The molecule has 0 aromatic rings. The summed E-state index contributed by atoms with van der Waals surface area (Å²) in [6.45, 7) is 12.1. The molecule has 1 rings (SSSR count). The molecule has 2 atom stereocenters. The van der Waals surface area contributed by atoms with Crippen LogP contribution in [0.25, 0.3) is 0 Å². The lowest BCUT2D eigenvalue weighted by atomic mass is 10.0. The zero-order valence-corrected chi connectivity index (χ0v) is 9.39. The summed E-state index contributed by atoms with van der Waals surface area (Å²) in [5, 5.41) is 0. The van der Waals surface area contributed by atoms with Crippen molar-refractivity contribution in [1.82, 2.24) is 0 Å². The van der Waals surface area contributed by atoms with Gasteiger partial charge in [0.05, 0.1) is 5.60 Å². The summed E-state index contributed by atoms with van der Waals surface area (Å²) in [4.78, 5) is 0. The molecule has 2 unspecified atom stereocenters. The van der Waals surface area contributed by atoms with Gasteiger partial charge in [-0.1, -0.05) is 0 Å². The number of rotatable bonds is 1. The lowest BCUT2D eigenvalue weighted by Crippen LogP contribution is -2.53. The van der Waals surface area contributed by atoms with Crippen LogP contribution in [-0.2, 0) is 8.85 Å². The Morgan fingerprint density at radius 1 is 1.58 bits per heavy atom. The standard InChI is InChI=1S/C9H18O2Si/c1-6-12(5)10-8(2)7-9(3,4)11-12/h6,8H,1,7H2,2-5H3. The molecule has 3 heteroatoms. The first-order valence-corrected chi connectivity index (χ1v) is 6.78. The van der Waals surface area contributed by atoms with Crippen LogP contribution in [0.3, 0.4) is 0 Å². The van der Waals surface area contributed by atoms with E-state index in [9.17, 15) is 0 Å². The molecule has 1 saturated heterocycles. The fourth-order valence-electron chi connectivity index (χ4n) is 1.84. The first-order valence-electron chi connectivity index (χ1n) is 4.38. The first-order chi connectivity index (χ1) is 5.37. The largest absolute Gasteiger partial charge is 0.389 e. The highest BCUT2D eigenvalue weighted by molar-refractivity contribution is 6.71. The van der Waals surface area contributed by atoms with Crippen molar-refractivity contribution in [1.29, 1.82) is 0 Å². The zero-order valence-electron chi connectivity index (χ0n) is 8.39. The Hall–Kier alpha value is -0.123. The molecule has 0 aliphatic carbocycles. The van der Waals surface area contributed by atoms with E-state index in [4.69, 9.17) is 8.85 Å². The molecule has 1 fully saturated rings. The fraction of sp³-hybridized carbons (Fsp3) is 0.778. The van der Waals surface area contributed by atoms with E-state index in [1.54, 1.807) is 0 Å². The molecule has 1 aliphatic rings. The van der Waals surface area contributed by atoms with Crippen LogP contribution in [0.1, 0.15) is 27.2 Å². The average molecular weight is 186 g/mol. The van der Waals surface area contributed by atoms with Crippen LogP contribution in [0.4, 0.5) is 0 Å². The molecule has 1 aliphatic heterocycles. The van der Waals surface area contributed by atoms with Crippen LogP contribution in [0.5, 0.6) is 0 Å². The average Bonchev–Trinajstić information content (AvgIpc) is 1.82. The Balaban J connectivity index is 2.76. The van der Waals surface area contributed by atoms with E-state index in [1.165, 1.54) is 0 Å².